The number of aryl methyl sites for hydroxylation is 3. The van der Waals surface area contributed by atoms with E-state index in [9.17, 15) is 4.39 Å². The Labute approximate surface area is 100 Å². The number of hydrogen-bond donors (Lipinski definition) is 1. The van der Waals surface area contributed by atoms with E-state index in [1.165, 1.54) is 12.1 Å². The van der Waals surface area contributed by atoms with Crippen molar-refractivity contribution >= 4 is 0 Å². The first-order valence-electron chi connectivity index (χ1n) is 5.57. The van der Waals surface area contributed by atoms with Gasteiger partial charge in [0.1, 0.15) is 11.6 Å². The molecule has 2 aromatic rings. The average Bonchev–Trinajstić information content (AvgIpc) is 2.62. The number of furan rings is 1. The van der Waals surface area contributed by atoms with Crippen LogP contribution in [-0.2, 0) is 0 Å². The fraction of sp³-hybridized carbons (Fsp3) is 0.286. The first kappa shape index (κ1) is 11.9. The van der Waals surface area contributed by atoms with Gasteiger partial charge in [-0.3, -0.25) is 0 Å². The highest BCUT2D eigenvalue weighted by Crippen LogP contribution is 2.28. The molecule has 90 valence electrons. The van der Waals surface area contributed by atoms with Gasteiger partial charge in [-0.1, -0.05) is 0 Å². The van der Waals surface area contributed by atoms with Gasteiger partial charge >= 0.3 is 0 Å². The van der Waals surface area contributed by atoms with Crippen LogP contribution in [0.25, 0.3) is 0 Å². The molecule has 2 nitrogen and oxygen atoms in total. The first-order valence-corrected chi connectivity index (χ1v) is 5.57. The highest BCUT2D eigenvalue weighted by Gasteiger charge is 2.19. The van der Waals surface area contributed by atoms with Gasteiger partial charge < -0.3 is 10.2 Å². The molecule has 0 saturated heterocycles. The van der Waals surface area contributed by atoms with Crippen LogP contribution < -0.4 is 5.73 Å². The molecule has 1 heterocycles. The largest absolute Gasteiger partial charge is 0.467 e. The normalized spacial score (nSPS) is 12.8. The SMILES string of the molecule is Cc1ccoc1C(N)c1c(C)cc(F)cc1C. The monoisotopic (exact) mass is 233 g/mol. The number of nitrogens with two attached hydrogens (primary N) is 1. The lowest BCUT2D eigenvalue weighted by Gasteiger charge is -2.16. The Hall–Kier alpha value is -1.61. The minimum atomic E-state index is -0.342. The number of halogens is 1. The Balaban J connectivity index is 2.51. The molecule has 2 N–H and O–H groups in total. The van der Waals surface area contributed by atoms with Crippen LogP contribution in [0.2, 0.25) is 0 Å². The Bertz CT molecular complexity index is 522. The van der Waals surface area contributed by atoms with E-state index in [0.717, 1.165) is 28.0 Å². The van der Waals surface area contributed by atoms with Crippen LogP contribution in [0, 0.1) is 26.6 Å². The maximum absolute atomic E-state index is 13.2. The Morgan fingerprint density at radius 1 is 1.12 bits per heavy atom. The molecule has 0 aliphatic heterocycles. The summed E-state index contributed by atoms with van der Waals surface area (Å²) < 4.78 is 18.6. The van der Waals surface area contributed by atoms with Gasteiger partial charge in [0.2, 0.25) is 0 Å². The number of benzene rings is 1. The molecule has 3 heteroatoms. The predicted molar refractivity (Wildman–Crippen MR) is 65.3 cm³/mol. The van der Waals surface area contributed by atoms with Crippen molar-refractivity contribution in [2.45, 2.75) is 26.8 Å². The van der Waals surface area contributed by atoms with Gasteiger partial charge in [-0.25, -0.2) is 4.39 Å². The highest BCUT2D eigenvalue weighted by molar-refractivity contribution is 5.41. The minimum absolute atomic E-state index is 0.230. The van der Waals surface area contributed by atoms with Crippen LogP contribution in [0.5, 0.6) is 0 Å². The zero-order valence-electron chi connectivity index (χ0n) is 10.3. The third-order valence-corrected chi connectivity index (χ3v) is 3.05. The number of rotatable bonds is 2. The fourth-order valence-electron chi connectivity index (χ4n) is 2.25. The van der Waals surface area contributed by atoms with Gasteiger partial charge in [0.25, 0.3) is 0 Å². The molecule has 0 radical (unpaired) electrons. The third-order valence-electron chi connectivity index (χ3n) is 3.05. The van der Waals surface area contributed by atoms with E-state index < -0.39 is 0 Å². The molecule has 1 unspecified atom stereocenters. The molecule has 1 aromatic carbocycles. The van der Waals surface area contributed by atoms with Crippen molar-refractivity contribution in [1.82, 2.24) is 0 Å². The maximum atomic E-state index is 13.2. The van der Waals surface area contributed by atoms with Gasteiger partial charge in [-0.2, -0.15) is 0 Å². The van der Waals surface area contributed by atoms with Gasteiger partial charge in [0.05, 0.1) is 12.3 Å². The molecule has 0 saturated carbocycles. The smallest absolute Gasteiger partial charge is 0.127 e. The summed E-state index contributed by atoms with van der Waals surface area (Å²) in [6.07, 6.45) is 1.62. The topological polar surface area (TPSA) is 39.2 Å². The van der Waals surface area contributed by atoms with Crippen molar-refractivity contribution in [3.63, 3.8) is 0 Å². The van der Waals surface area contributed by atoms with Crippen molar-refractivity contribution in [3.8, 4) is 0 Å². The van der Waals surface area contributed by atoms with Gasteiger partial charge in [0, 0.05) is 0 Å². The van der Waals surface area contributed by atoms with Crippen LogP contribution in [0.4, 0.5) is 4.39 Å². The minimum Gasteiger partial charge on any atom is -0.467 e. The van der Waals surface area contributed by atoms with Crippen molar-refractivity contribution in [3.05, 3.63) is 58.3 Å². The molecule has 0 fully saturated rings. The maximum Gasteiger partial charge on any atom is 0.127 e. The second kappa shape index (κ2) is 4.34. The summed E-state index contributed by atoms with van der Waals surface area (Å²) in [6, 6.07) is 4.54. The molecule has 1 aromatic heterocycles. The van der Waals surface area contributed by atoms with Gasteiger partial charge in [-0.15, -0.1) is 0 Å². The molecule has 2 rings (SSSR count). The quantitative estimate of drug-likeness (QED) is 0.863. The summed E-state index contributed by atoms with van der Waals surface area (Å²) >= 11 is 0. The van der Waals surface area contributed by atoms with E-state index in [1.807, 2.05) is 26.8 Å². The van der Waals surface area contributed by atoms with E-state index in [0.29, 0.717) is 0 Å². The molecular weight excluding hydrogens is 217 g/mol. The summed E-state index contributed by atoms with van der Waals surface area (Å²) in [4.78, 5) is 0. The van der Waals surface area contributed by atoms with Crippen molar-refractivity contribution in [1.29, 1.82) is 0 Å². The molecular formula is C14H16FNO. The summed E-state index contributed by atoms with van der Waals surface area (Å²) in [5, 5.41) is 0. The molecule has 0 amide bonds. The van der Waals surface area contributed by atoms with Crippen LogP contribution in [-0.4, -0.2) is 0 Å². The number of hydrogen-bond acceptors (Lipinski definition) is 2. The van der Waals surface area contributed by atoms with Crippen LogP contribution in [0.15, 0.2) is 28.9 Å². The van der Waals surface area contributed by atoms with Crippen molar-refractivity contribution in [2.24, 2.45) is 5.73 Å². The van der Waals surface area contributed by atoms with E-state index in [-0.39, 0.29) is 11.9 Å². The van der Waals surface area contributed by atoms with Crippen LogP contribution in [0.3, 0.4) is 0 Å². The zero-order chi connectivity index (χ0) is 12.6. The van der Waals surface area contributed by atoms with E-state index in [2.05, 4.69) is 0 Å². The lowest BCUT2D eigenvalue weighted by Crippen LogP contribution is -2.15. The highest BCUT2D eigenvalue weighted by atomic mass is 19.1. The van der Waals surface area contributed by atoms with E-state index in [4.69, 9.17) is 10.2 Å². The van der Waals surface area contributed by atoms with Gasteiger partial charge in [-0.05, 0) is 61.2 Å². The summed E-state index contributed by atoms with van der Waals surface area (Å²) in [6.45, 7) is 5.68. The molecule has 17 heavy (non-hydrogen) atoms. The first-order chi connectivity index (χ1) is 8.00. The van der Waals surface area contributed by atoms with E-state index >= 15 is 0 Å². The second-order valence-corrected chi connectivity index (χ2v) is 4.40. The zero-order valence-corrected chi connectivity index (χ0v) is 10.3. The molecule has 1 atom stereocenters. The lowest BCUT2D eigenvalue weighted by molar-refractivity contribution is 0.485. The third kappa shape index (κ3) is 2.11. The molecule has 0 aliphatic carbocycles. The molecule has 0 aliphatic rings. The van der Waals surface area contributed by atoms with Crippen LogP contribution in [0.1, 0.15) is 34.1 Å². The van der Waals surface area contributed by atoms with Crippen molar-refractivity contribution < 1.29 is 8.81 Å². The Morgan fingerprint density at radius 3 is 2.18 bits per heavy atom. The van der Waals surface area contributed by atoms with E-state index in [1.54, 1.807) is 6.26 Å². The average molecular weight is 233 g/mol. The lowest BCUT2D eigenvalue weighted by atomic mass is 9.94. The standard InChI is InChI=1S/C14H16FNO/c1-8-4-5-17-14(8)13(16)12-9(2)6-11(15)7-10(12)3/h4-7,13H,16H2,1-3H3. The molecule has 0 spiro atoms. The van der Waals surface area contributed by atoms with Gasteiger partial charge in [0.15, 0.2) is 0 Å². The molecule has 0 bridgehead atoms. The fourth-order valence-corrected chi connectivity index (χ4v) is 2.25. The predicted octanol–water partition coefficient (Wildman–Crippen LogP) is 3.39. The Morgan fingerprint density at radius 2 is 1.71 bits per heavy atom. The van der Waals surface area contributed by atoms with Crippen LogP contribution >= 0.6 is 0 Å². The second-order valence-electron chi connectivity index (χ2n) is 4.40. The Kier molecular flexibility index (Phi) is 3.03. The summed E-state index contributed by atoms with van der Waals surface area (Å²) in [5.74, 6) is 0.509. The summed E-state index contributed by atoms with van der Waals surface area (Å²) in [7, 11) is 0. The summed E-state index contributed by atoms with van der Waals surface area (Å²) in [5.41, 5.74) is 9.85. The van der Waals surface area contributed by atoms with Crippen molar-refractivity contribution in [2.75, 3.05) is 0 Å².